The number of nitrogens with zero attached hydrogens (tertiary/aromatic N) is 1. The van der Waals surface area contributed by atoms with Crippen molar-refractivity contribution in [2.45, 2.75) is 19.8 Å². The van der Waals surface area contributed by atoms with Crippen molar-refractivity contribution in [3.8, 4) is 0 Å². The number of hydrogen-bond acceptors (Lipinski definition) is 3. The van der Waals surface area contributed by atoms with Gasteiger partial charge >= 0.3 is 0 Å². The number of halogens is 1. The van der Waals surface area contributed by atoms with Gasteiger partial charge in [-0.25, -0.2) is 4.72 Å². The van der Waals surface area contributed by atoms with Crippen LogP contribution in [0.1, 0.15) is 19.8 Å². The fourth-order valence-corrected chi connectivity index (χ4v) is 2.18. The SMILES string of the molecule is CC1CCN(CCNS(=O)(=O)Cl)CC1. The molecule has 0 aromatic heterocycles. The van der Waals surface area contributed by atoms with Crippen molar-refractivity contribution in [1.82, 2.24) is 9.62 Å². The van der Waals surface area contributed by atoms with Crippen molar-refractivity contribution in [3.05, 3.63) is 0 Å². The molecule has 1 saturated heterocycles. The van der Waals surface area contributed by atoms with E-state index in [1.807, 2.05) is 0 Å². The Hall–Kier alpha value is 0.160. The van der Waals surface area contributed by atoms with Crippen molar-refractivity contribution in [2.75, 3.05) is 26.2 Å². The smallest absolute Gasteiger partial charge is 0.297 e. The molecule has 0 spiro atoms. The molecule has 0 aromatic carbocycles. The monoisotopic (exact) mass is 240 g/mol. The second-order valence-electron chi connectivity index (χ2n) is 3.86. The first-order valence-corrected chi connectivity index (χ1v) is 7.20. The molecule has 14 heavy (non-hydrogen) atoms. The molecule has 0 saturated carbocycles. The number of hydrogen-bond donors (Lipinski definition) is 1. The van der Waals surface area contributed by atoms with Crippen LogP contribution in [0.5, 0.6) is 0 Å². The second-order valence-corrected chi connectivity index (χ2v) is 6.24. The van der Waals surface area contributed by atoms with E-state index in [0.29, 0.717) is 6.54 Å². The third-order valence-corrected chi connectivity index (χ3v) is 3.46. The molecule has 1 aliphatic heterocycles. The highest BCUT2D eigenvalue weighted by molar-refractivity contribution is 8.12. The quantitative estimate of drug-likeness (QED) is 0.740. The summed E-state index contributed by atoms with van der Waals surface area (Å²) in [5.41, 5.74) is 0. The van der Waals surface area contributed by atoms with Gasteiger partial charge in [-0.15, -0.1) is 0 Å². The van der Waals surface area contributed by atoms with E-state index in [4.69, 9.17) is 10.7 Å². The normalized spacial score (nSPS) is 21.3. The Morgan fingerprint density at radius 2 is 2.00 bits per heavy atom. The van der Waals surface area contributed by atoms with Gasteiger partial charge in [0.1, 0.15) is 0 Å². The third kappa shape index (κ3) is 5.14. The highest BCUT2D eigenvalue weighted by Gasteiger charge is 2.15. The fraction of sp³-hybridized carbons (Fsp3) is 1.00. The van der Waals surface area contributed by atoms with Crippen LogP contribution in [0.3, 0.4) is 0 Å². The maximum absolute atomic E-state index is 10.6. The molecular weight excluding hydrogens is 224 g/mol. The van der Waals surface area contributed by atoms with Gasteiger partial charge in [-0.3, -0.25) is 0 Å². The van der Waals surface area contributed by atoms with Crippen molar-refractivity contribution < 1.29 is 8.42 Å². The lowest BCUT2D eigenvalue weighted by Gasteiger charge is -2.29. The van der Waals surface area contributed by atoms with Gasteiger partial charge in [-0.1, -0.05) is 6.92 Å². The topological polar surface area (TPSA) is 49.4 Å². The lowest BCUT2D eigenvalue weighted by Crippen LogP contribution is -2.38. The van der Waals surface area contributed by atoms with E-state index in [1.54, 1.807) is 0 Å². The summed E-state index contributed by atoms with van der Waals surface area (Å²) < 4.78 is 23.4. The Balaban J connectivity index is 2.14. The fourth-order valence-electron chi connectivity index (χ4n) is 1.61. The highest BCUT2D eigenvalue weighted by Crippen LogP contribution is 2.15. The van der Waals surface area contributed by atoms with Crippen LogP contribution in [0.25, 0.3) is 0 Å². The lowest BCUT2D eigenvalue weighted by molar-refractivity contribution is 0.196. The summed E-state index contributed by atoms with van der Waals surface area (Å²) in [4.78, 5) is 2.26. The molecule has 0 aliphatic carbocycles. The molecule has 4 nitrogen and oxygen atoms in total. The van der Waals surface area contributed by atoms with Crippen molar-refractivity contribution in [2.24, 2.45) is 5.92 Å². The molecule has 0 bridgehead atoms. The van der Waals surface area contributed by atoms with E-state index in [2.05, 4.69) is 16.5 Å². The Morgan fingerprint density at radius 3 is 2.50 bits per heavy atom. The third-order valence-electron chi connectivity index (χ3n) is 2.58. The molecule has 6 heteroatoms. The number of likely N-dealkylation sites (tertiary alicyclic amines) is 1. The molecule has 0 radical (unpaired) electrons. The van der Waals surface area contributed by atoms with Gasteiger partial charge in [-0.2, -0.15) is 8.42 Å². The van der Waals surface area contributed by atoms with E-state index in [9.17, 15) is 8.42 Å². The summed E-state index contributed by atoms with van der Waals surface area (Å²) in [6, 6.07) is 0. The molecule has 1 aliphatic rings. The predicted octanol–water partition coefficient (Wildman–Crippen LogP) is 0.792. The van der Waals surface area contributed by atoms with Crippen LogP contribution >= 0.6 is 10.7 Å². The van der Waals surface area contributed by atoms with Gasteiger partial charge in [0.15, 0.2) is 0 Å². The Bertz CT molecular complexity index is 261. The molecule has 1 N–H and O–H groups in total. The Labute approximate surface area is 90.2 Å². The van der Waals surface area contributed by atoms with Gasteiger partial charge in [0.25, 0.3) is 9.24 Å². The zero-order valence-corrected chi connectivity index (χ0v) is 9.94. The Morgan fingerprint density at radius 1 is 1.43 bits per heavy atom. The molecule has 0 amide bonds. The summed E-state index contributed by atoms with van der Waals surface area (Å²) in [7, 11) is 1.48. The van der Waals surface area contributed by atoms with Crippen LogP contribution in [-0.4, -0.2) is 39.5 Å². The molecule has 0 unspecified atom stereocenters. The first kappa shape index (κ1) is 12.2. The van der Waals surface area contributed by atoms with Gasteiger partial charge in [0, 0.05) is 23.8 Å². The van der Waals surface area contributed by atoms with E-state index in [1.165, 1.54) is 12.8 Å². The standard InChI is InChI=1S/C8H17ClN2O2S/c1-8-2-5-11(6-3-8)7-4-10-14(9,12)13/h8,10H,2-7H2,1H3. The summed E-state index contributed by atoms with van der Waals surface area (Å²) in [6.45, 7) is 5.52. The molecule has 1 rings (SSSR count). The zero-order valence-electron chi connectivity index (χ0n) is 8.37. The largest absolute Gasteiger partial charge is 0.302 e. The van der Waals surface area contributed by atoms with Crippen molar-refractivity contribution >= 4 is 19.9 Å². The predicted molar refractivity (Wildman–Crippen MR) is 57.6 cm³/mol. The molecular formula is C8H17ClN2O2S. The number of nitrogens with one attached hydrogen (secondary N) is 1. The summed E-state index contributed by atoms with van der Waals surface area (Å²) in [5, 5.41) is 0. The summed E-state index contributed by atoms with van der Waals surface area (Å²) >= 11 is 0. The van der Waals surface area contributed by atoms with E-state index >= 15 is 0 Å². The van der Waals surface area contributed by atoms with Crippen LogP contribution in [0.15, 0.2) is 0 Å². The lowest BCUT2D eigenvalue weighted by atomic mass is 9.99. The first-order chi connectivity index (χ1) is 6.47. The molecule has 1 fully saturated rings. The van der Waals surface area contributed by atoms with Crippen LogP contribution < -0.4 is 4.72 Å². The zero-order chi connectivity index (χ0) is 10.6. The highest BCUT2D eigenvalue weighted by atomic mass is 35.7. The minimum Gasteiger partial charge on any atom is -0.302 e. The van der Waals surface area contributed by atoms with Gasteiger partial charge in [0.2, 0.25) is 0 Å². The van der Waals surface area contributed by atoms with Crippen LogP contribution in [0, 0.1) is 5.92 Å². The average molecular weight is 241 g/mol. The average Bonchev–Trinajstić information content (AvgIpc) is 2.06. The van der Waals surface area contributed by atoms with Crippen LogP contribution in [-0.2, 0) is 9.24 Å². The maximum Gasteiger partial charge on any atom is 0.297 e. The minimum atomic E-state index is -3.54. The minimum absolute atomic E-state index is 0.403. The molecule has 84 valence electrons. The maximum atomic E-state index is 10.6. The number of piperidine rings is 1. The van der Waals surface area contributed by atoms with Gasteiger partial charge in [-0.05, 0) is 31.8 Å². The second kappa shape index (κ2) is 5.30. The van der Waals surface area contributed by atoms with E-state index in [0.717, 1.165) is 25.6 Å². The first-order valence-electron chi connectivity index (χ1n) is 4.89. The summed E-state index contributed by atoms with van der Waals surface area (Å²) in [5.74, 6) is 0.802. The molecule has 0 atom stereocenters. The van der Waals surface area contributed by atoms with E-state index < -0.39 is 9.24 Å². The van der Waals surface area contributed by atoms with Crippen LogP contribution in [0.4, 0.5) is 0 Å². The van der Waals surface area contributed by atoms with Crippen molar-refractivity contribution in [3.63, 3.8) is 0 Å². The van der Waals surface area contributed by atoms with Gasteiger partial charge in [0.05, 0.1) is 0 Å². The number of rotatable bonds is 4. The Kier molecular flexibility index (Phi) is 4.63. The van der Waals surface area contributed by atoms with Gasteiger partial charge < -0.3 is 4.90 Å². The van der Waals surface area contributed by atoms with E-state index in [-0.39, 0.29) is 0 Å². The van der Waals surface area contributed by atoms with Crippen molar-refractivity contribution in [1.29, 1.82) is 0 Å². The van der Waals surface area contributed by atoms with Crippen LogP contribution in [0.2, 0.25) is 0 Å². The summed E-state index contributed by atoms with van der Waals surface area (Å²) in [6.07, 6.45) is 2.40. The molecule has 1 heterocycles. The molecule has 0 aromatic rings.